The molecule has 0 unspecified atom stereocenters. The van der Waals surface area contributed by atoms with E-state index in [0.29, 0.717) is 32.0 Å². The highest BCUT2D eigenvalue weighted by Crippen LogP contribution is 2.30. The van der Waals surface area contributed by atoms with Gasteiger partial charge in [0.2, 0.25) is 10.0 Å². The van der Waals surface area contributed by atoms with Crippen molar-refractivity contribution in [3.63, 3.8) is 0 Å². The normalized spacial score (nSPS) is 25.6. The largest absolute Gasteiger partial charge is 0.388 e. The third kappa shape index (κ3) is 3.69. The smallest absolute Gasteiger partial charge is 0.211 e. The van der Waals surface area contributed by atoms with Crippen molar-refractivity contribution in [3.8, 4) is 0 Å². The van der Waals surface area contributed by atoms with E-state index >= 15 is 0 Å². The van der Waals surface area contributed by atoms with E-state index in [1.54, 1.807) is 0 Å². The van der Waals surface area contributed by atoms with Crippen LogP contribution in [0.4, 0.5) is 0 Å². The number of aliphatic hydroxyl groups is 1. The molecule has 0 radical (unpaired) electrons. The highest BCUT2D eigenvalue weighted by Gasteiger charge is 2.33. The van der Waals surface area contributed by atoms with Gasteiger partial charge >= 0.3 is 0 Å². The van der Waals surface area contributed by atoms with Gasteiger partial charge in [-0.1, -0.05) is 0 Å². The molecule has 0 aromatic heterocycles. The van der Waals surface area contributed by atoms with Crippen LogP contribution in [0.25, 0.3) is 0 Å². The first kappa shape index (κ1) is 12.3. The van der Waals surface area contributed by atoms with Gasteiger partial charge < -0.3 is 9.84 Å². The molecule has 5 nitrogen and oxygen atoms in total. The van der Waals surface area contributed by atoms with Gasteiger partial charge in [0.1, 0.15) is 0 Å². The van der Waals surface area contributed by atoms with Crippen molar-refractivity contribution >= 4 is 10.0 Å². The fourth-order valence-electron chi connectivity index (χ4n) is 1.83. The second-order valence-corrected chi connectivity index (χ2v) is 6.73. The molecule has 2 fully saturated rings. The van der Waals surface area contributed by atoms with Crippen LogP contribution in [-0.4, -0.2) is 44.6 Å². The number of sulfonamides is 1. The zero-order valence-corrected chi connectivity index (χ0v) is 10.1. The van der Waals surface area contributed by atoms with Gasteiger partial charge in [-0.15, -0.1) is 0 Å². The predicted molar refractivity (Wildman–Crippen MR) is 59.5 cm³/mol. The molecule has 1 aliphatic carbocycles. The molecular weight excluding hydrogens is 230 g/mol. The van der Waals surface area contributed by atoms with Crippen molar-refractivity contribution in [1.29, 1.82) is 0 Å². The SMILES string of the molecule is O=S(=O)(CC1CC1)NCC1(O)CCOCC1. The molecule has 1 aliphatic heterocycles. The number of hydrogen-bond acceptors (Lipinski definition) is 4. The monoisotopic (exact) mass is 249 g/mol. The molecule has 2 N–H and O–H groups in total. The average Bonchev–Trinajstić information content (AvgIpc) is 3.00. The van der Waals surface area contributed by atoms with Crippen molar-refractivity contribution in [3.05, 3.63) is 0 Å². The van der Waals surface area contributed by atoms with Crippen LogP contribution < -0.4 is 4.72 Å². The second kappa shape index (κ2) is 4.60. The van der Waals surface area contributed by atoms with Crippen LogP contribution in [0, 0.1) is 5.92 Å². The summed E-state index contributed by atoms with van der Waals surface area (Å²) in [5, 5.41) is 10.1. The Hall–Kier alpha value is -0.170. The van der Waals surface area contributed by atoms with Gasteiger partial charge in [-0.05, 0) is 18.8 Å². The first-order valence-corrected chi connectivity index (χ1v) is 7.42. The van der Waals surface area contributed by atoms with Gasteiger partial charge in [-0.2, -0.15) is 0 Å². The van der Waals surface area contributed by atoms with Crippen LogP contribution in [0.1, 0.15) is 25.7 Å². The van der Waals surface area contributed by atoms with E-state index < -0.39 is 15.6 Å². The summed E-state index contributed by atoms with van der Waals surface area (Å²) in [6.45, 7) is 1.12. The number of hydrogen-bond donors (Lipinski definition) is 2. The number of nitrogens with one attached hydrogen (secondary N) is 1. The molecule has 0 aromatic rings. The number of rotatable bonds is 5. The van der Waals surface area contributed by atoms with Crippen LogP contribution in [0.15, 0.2) is 0 Å². The second-order valence-electron chi connectivity index (χ2n) is 4.88. The van der Waals surface area contributed by atoms with Gasteiger partial charge in [0.25, 0.3) is 0 Å². The highest BCUT2D eigenvalue weighted by molar-refractivity contribution is 7.89. The van der Waals surface area contributed by atoms with E-state index in [1.165, 1.54) is 0 Å². The van der Waals surface area contributed by atoms with E-state index in [4.69, 9.17) is 4.74 Å². The molecule has 1 saturated heterocycles. The summed E-state index contributed by atoms with van der Waals surface area (Å²) in [6.07, 6.45) is 3.02. The maximum Gasteiger partial charge on any atom is 0.211 e. The average molecular weight is 249 g/mol. The topological polar surface area (TPSA) is 75.6 Å². The van der Waals surface area contributed by atoms with E-state index in [1.807, 2.05) is 0 Å². The Balaban J connectivity index is 1.80. The lowest BCUT2D eigenvalue weighted by atomic mass is 9.95. The molecular formula is C10H19NO4S. The first-order chi connectivity index (χ1) is 7.49. The molecule has 0 amide bonds. The van der Waals surface area contributed by atoms with E-state index in [-0.39, 0.29) is 12.3 Å². The molecule has 1 heterocycles. The van der Waals surface area contributed by atoms with Crippen LogP contribution in [0.3, 0.4) is 0 Å². The quantitative estimate of drug-likeness (QED) is 0.711. The van der Waals surface area contributed by atoms with Crippen molar-refractivity contribution in [1.82, 2.24) is 4.72 Å². The van der Waals surface area contributed by atoms with Gasteiger partial charge in [0.15, 0.2) is 0 Å². The van der Waals surface area contributed by atoms with Crippen molar-refractivity contribution in [2.45, 2.75) is 31.3 Å². The Morgan fingerprint density at radius 3 is 2.50 bits per heavy atom. The molecule has 6 heteroatoms. The van der Waals surface area contributed by atoms with Crippen LogP contribution in [0.5, 0.6) is 0 Å². The van der Waals surface area contributed by atoms with Crippen LogP contribution >= 0.6 is 0 Å². The zero-order valence-electron chi connectivity index (χ0n) is 9.31. The van der Waals surface area contributed by atoms with Crippen molar-refractivity contribution in [2.75, 3.05) is 25.5 Å². The van der Waals surface area contributed by atoms with Crippen LogP contribution in [0.2, 0.25) is 0 Å². The highest BCUT2D eigenvalue weighted by atomic mass is 32.2. The standard InChI is InChI=1S/C10H19NO4S/c12-10(3-5-15-6-4-10)8-11-16(13,14)7-9-1-2-9/h9,11-12H,1-8H2. The molecule has 94 valence electrons. The molecule has 2 rings (SSSR count). The summed E-state index contributed by atoms with van der Waals surface area (Å²) < 4.78 is 30.9. The molecule has 0 atom stereocenters. The van der Waals surface area contributed by atoms with Gasteiger partial charge in [0, 0.05) is 32.6 Å². The minimum Gasteiger partial charge on any atom is -0.388 e. The van der Waals surface area contributed by atoms with Crippen molar-refractivity contribution < 1.29 is 18.3 Å². The lowest BCUT2D eigenvalue weighted by Gasteiger charge is -2.31. The first-order valence-electron chi connectivity index (χ1n) is 5.77. The maximum atomic E-state index is 11.6. The Bertz CT molecular complexity index is 331. The Kier molecular flexibility index (Phi) is 3.53. The zero-order chi connectivity index (χ0) is 11.6. The summed E-state index contributed by atoms with van der Waals surface area (Å²) in [5.41, 5.74) is -0.922. The molecule has 0 aromatic carbocycles. The fraction of sp³-hybridized carbons (Fsp3) is 1.00. The van der Waals surface area contributed by atoms with E-state index in [0.717, 1.165) is 12.8 Å². The lowest BCUT2D eigenvalue weighted by molar-refractivity contribution is -0.0588. The summed E-state index contributed by atoms with van der Waals surface area (Å²) in [6, 6.07) is 0. The van der Waals surface area contributed by atoms with Gasteiger partial charge in [0.05, 0.1) is 11.4 Å². The van der Waals surface area contributed by atoms with E-state index in [2.05, 4.69) is 4.72 Å². The van der Waals surface area contributed by atoms with Gasteiger partial charge in [-0.25, -0.2) is 13.1 Å². The minimum absolute atomic E-state index is 0.116. The lowest BCUT2D eigenvalue weighted by Crippen LogP contribution is -2.47. The maximum absolute atomic E-state index is 11.6. The summed E-state index contributed by atoms with van der Waals surface area (Å²) in [4.78, 5) is 0. The van der Waals surface area contributed by atoms with Crippen LogP contribution in [-0.2, 0) is 14.8 Å². The molecule has 1 saturated carbocycles. The molecule has 2 aliphatic rings. The predicted octanol–water partition coefficient (Wildman–Crippen LogP) is -0.143. The molecule has 16 heavy (non-hydrogen) atoms. The summed E-state index contributed by atoms with van der Waals surface area (Å²) >= 11 is 0. The Labute approximate surface area is 96.2 Å². The molecule has 0 bridgehead atoms. The fourth-order valence-corrected chi connectivity index (χ4v) is 3.39. The van der Waals surface area contributed by atoms with E-state index in [9.17, 15) is 13.5 Å². The third-order valence-corrected chi connectivity index (χ3v) is 4.69. The minimum atomic E-state index is -3.21. The summed E-state index contributed by atoms with van der Waals surface area (Å²) in [7, 11) is -3.21. The third-order valence-electron chi connectivity index (χ3n) is 3.20. The Morgan fingerprint density at radius 2 is 1.94 bits per heavy atom. The van der Waals surface area contributed by atoms with Gasteiger partial charge in [-0.3, -0.25) is 0 Å². The Morgan fingerprint density at radius 1 is 1.31 bits per heavy atom. The number of ether oxygens (including phenoxy) is 1. The molecule has 0 spiro atoms. The summed E-state index contributed by atoms with van der Waals surface area (Å²) in [5.74, 6) is 0.543. The van der Waals surface area contributed by atoms with Crippen molar-refractivity contribution in [2.24, 2.45) is 5.92 Å².